The van der Waals surface area contributed by atoms with Gasteiger partial charge >= 0.3 is 6.03 Å². The zero-order valence-corrected chi connectivity index (χ0v) is 16.7. The molecule has 0 saturated carbocycles. The number of carbonyl (C=O) groups is 3. The molecule has 3 aromatic rings. The van der Waals surface area contributed by atoms with E-state index in [9.17, 15) is 14.4 Å². The summed E-state index contributed by atoms with van der Waals surface area (Å²) in [7, 11) is 0. The zero-order chi connectivity index (χ0) is 20.1. The van der Waals surface area contributed by atoms with Crippen LogP contribution in [0.15, 0.2) is 48.5 Å². The lowest BCUT2D eigenvalue weighted by molar-refractivity contribution is -0.130. The molecule has 0 bridgehead atoms. The Bertz CT molecular complexity index is 1130. The van der Waals surface area contributed by atoms with Gasteiger partial charge < -0.3 is 5.32 Å². The van der Waals surface area contributed by atoms with Crippen molar-refractivity contribution in [1.82, 2.24) is 10.2 Å². The van der Waals surface area contributed by atoms with E-state index in [1.165, 1.54) is 11.3 Å². The Hall–Kier alpha value is -2.99. The first kappa shape index (κ1) is 18.4. The first-order valence-corrected chi connectivity index (χ1v) is 9.85. The minimum absolute atomic E-state index is 0.229. The van der Waals surface area contributed by atoms with Crippen LogP contribution in [0.25, 0.3) is 10.8 Å². The Labute approximate surface area is 167 Å². The SMILES string of the molecule is Cc1cc(C(=O)CN2C(=O)N[C@@](C)(c3ccc4ccccc4c3)C2=O)c(C)s1. The Kier molecular flexibility index (Phi) is 4.31. The monoisotopic (exact) mass is 392 g/mol. The van der Waals surface area contributed by atoms with E-state index in [-0.39, 0.29) is 12.3 Å². The van der Waals surface area contributed by atoms with Gasteiger partial charge in [0.1, 0.15) is 5.54 Å². The minimum Gasteiger partial charge on any atom is -0.319 e. The molecule has 1 atom stereocenters. The Morgan fingerprint density at radius 2 is 1.79 bits per heavy atom. The number of thiophene rings is 1. The van der Waals surface area contributed by atoms with Crippen LogP contribution in [0, 0.1) is 13.8 Å². The van der Waals surface area contributed by atoms with Gasteiger partial charge in [-0.1, -0.05) is 36.4 Å². The molecule has 1 fully saturated rings. The van der Waals surface area contributed by atoms with E-state index in [0.717, 1.165) is 25.4 Å². The van der Waals surface area contributed by atoms with E-state index in [0.29, 0.717) is 11.1 Å². The van der Waals surface area contributed by atoms with E-state index < -0.39 is 17.5 Å². The highest BCUT2D eigenvalue weighted by Crippen LogP contribution is 2.31. The highest BCUT2D eigenvalue weighted by molar-refractivity contribution is 7.12. The highest BCUT2D eigenvalue weighted by Gasteiger charge is 2.49. The molecular formula is C22H20N2O3S. The van der Waals surface area contributed by atoms with E-state index in [2.05, 4.69) is 5.32 Å². The fourth-order valence-corrected chi connectivity index (χ4v) is 4.62. The van der Waals surface area contributed by atoms with Crippen LogP contribution in [-0.2, 0) is 10.3 Å². The number of hydrogen-bond donors (Lipinski definition) is 1. The molecule has 1 aliphatic rings. The Balaban J connectivity index is 1.63. The van der Waals surface area contributed by atoms with Gasteiger partial charge in [0.15, 0.2) is 5.78 Å². The van der Waals surface area contributed by atoms with Crippen molar-refractivity contribution in [2.45, 2.75) is 26.3 Å². The number of Topliss-reactive ketones (excluding diaryl/α,β-unsaturated/α-hetero) is 1. The number of nitrogens with one attached hydrogen (secondary N) is 1. The van der Waals surface area contributed by atoms with Crippen molar-refractivity contribution >= 4 is 39.8 Å². The van der Waals surface area contributed by atoms with Crippen LogP contribution in [0.4, 0.5) is 4.79 Å². The summed E-state index contributed by atoms with van der Waals surface area (Å²) in [6.45, 7) is 5.22. The standard InChI is InChI=1S/C22H20N2O3S/c1-13-10-18(14(2)28-13)19(25)12-24-20(26)22(3,23-21(24)27)17-9-8-15-6-4-5-7-16(15)11-17/h4-11H,12H2,1-3H3,(H,23,27)/t22-/m0/s1. The molecule has 0 unspecified atom stereocenters. The predicted octanol–water partition coefficient (Wildman–Crippen LogP) is 4.17. The average molecular weight is 392 g/mol. The molecule has 142 valence electrons. The van der Waals surface area contributed by atoms with Crippen molar-refractivity contribution in [1.29, 1.82) is 0 Å². The summed E-state index contributed by atoms with van der Waals surface area (Å²) in [5.41, 5.74) is 0.0746. The second kappa shape index (κ2) is 6.56. The van der Waals surface area contributed by atoms with Gasteiger partial charge in [0, 0.05) is 15.3 Å². The lowest BCUT2D eigenvalue weighted by Crippen LogP contribution is -2.41. The van der Waals surface area contributed by atoms with E-state index >= 15 is 0 Å². The van der Waals surface area contributed by atoms with Gasteiger partial charge in [-0.15, -0.1) is 11.3 Å². The molecule has 1 saturated heterocycles. The van der Waals surface area contributed by atoms with Crippen molar-refractivity contribution in [3.05, 3.63) is 69.4 Å². The van der Waals surface area contributed by atoms with Gasteiger partial charge in [-0.2, -0.15) is 0 Å². The number of ketones is 1. The first-order valence-electron chi connectivity index (χ1n) is 9.03. The summed E-state index contributed by atoms with van der Waals surface area (Å²) in [4.78, 5) is 41.3. The second-order valence-electron chi connectivity index (χ2n) is 7.26. The highest BCUT2D eigenvalue weighted by atomic mass is 32.1. The van der Waals surface area contributed by atoms with Crippen molar-refractivity contribution in [2.75, 3.05) is 6.54 Å². The molecule has 6 heteroatoms. The summed E-state index contributed by atoms with van der Waals surface area (Å²) >= 11 is 1.53. The number of hydrogen-bond acceptors (Lipinski definition) is 4. The summed E-state index contributed by atoms with van der Waals surface area (Å²) in [6, 6.07) is 14.8. The number of aryl methyl sites for hydroxylation is 2. The molecule has 0 radical (unpaired) electrons. The number of nitrogens with zero attached hydrogens (tertiary/aromatic N) is 1. The molecule has 2 heterocycles. The van der Waals surface area contributed by atoms with Crippen LogP contribution in [-0.4, -0.2) is 29.2 Å². The maximum Gasteiger partial charge on any atom is 0.325 e. The van der Waals surface area contributed by atoms with Crippen LogP contribution in [0.1, 0.15) is 32.6 Å². The number of imide groups is 1. The Morgan fingerprint density at radius 3 is 2.46 bits per heavy atom. The zero-order valence-electron chi connectivity index (χ0n) is 15.9. The van der Waals surface area contributed by atoms with Crippen LogP contribution in [0.5, 0.6) is 0 Å². The third-order valence-corrected chi connectivity index (χ3v) is 6.21. The number of carbonyl (C=O) groups excluding carboxylic acids is 3. The smallest absolute Gasteiger partial charge is 0.319 e. The average Bonchev–Trinajstić information content (AvgIpc) is 3.12. The fraction of sp³-hybridized carbons (Fsp3) is 0.227. The second-order valence-corrected chi connectivity index (χ2v) is 8.72. The predicted molar refractivity (Wildman–Crippen MR) is 110 cm³/mol. The van der Waals surface area contributed by atoms with Gasteiger partial charge in [-0.3, -0.25) is 14.5 Å². The largest absolute Gasteiger partial charge is 0.325 e. The van der Waals surface area contributed by atoms with Gasteiger partial charge in [0.25, 0.3) is 5.91 Å². The van der Waals surface area contributed by atoms with Gasteiger partial charge in [-0.25, -0.2) is 4.79 Å². The number of fused-ring (bicyclic) bond motifs is 1. The van der Waals surface area contributed by atoms with Crippen LogP contribution >= 0.6 is 11.3 Å². The number of amides is 3. The fourth-order valence-electron chi connectivity index (χ4n) is 3.67. The molecular weight excluding hydrogens is 372 g/mol. The van der Waals surface area contributed by atoms with Crippen LogP contribution < -0.4 is 5.32 Å². The third kappa shape index (κ3) is 2.90. The van der Waals surface area contributed by atoms with Crippen molar-refractivity contribution in [3.63, 3.8) is 0 Å². The van der Waals surface area contributed by atoms with E-state index in [1.807, 2.05) is 62.4 Å². The minimum atomic E-state index is -1.19. The molecule has 0 spiro atoms. The summed E-state index contributed by atoms with van der Waals surface area (Å²) in [6.07, 6.45) is 0. The quantitative estimate of drug-likeness (QED) is 0.535. The summed E-state index contributed by atoms with van der Waals surface area (Å²) < 4.78 is 0. The molecule has 4 rings (SSSR count). The van der Waals surface area contributed by atoms with Gasteiger partial charge in [0.2, 0.25) is 0 Å². The molecule has 1 N–H and O–H groups in total. The first-order chi connectivity index (χ1) is 13.3. The number of benzene rings is 2. The maximum absolute atomic E-state index is 13.1. The number of rotatable bonds is 4. The molecule has 1 aliphatic heterocycles. The van der Waals surface area contributed by atoms with Gasteiger partial charge in [0.05, 0.1) is 6.54 Å². The Morgan fingerprint density at radius 1 is 1.07 bits per heavy atom. The molecule has 3 amide bonds. The molecule has 2 aromatic carbocycles. The molecule has 28 heavy (non-hydrogen) atoms. The molecule has 1 aromatic heterocycles. The van der Waals surface area contributed by atoms with Crippen molar-refractivity contribution < 1.29 is 14.4 Å². The van der Waals surface area contributed by atoms with Crippen molar-refractivity contribution in [3.8, 4) is 0 Å². The van der Waals surface area contributed by atoms with E-state index in [1.54, 1.807) is 6.92 Å². The number of urea groups is 1. The molecule has 5 nitrogen and oxygen atoms in total. The summed E-state index contributed by atoms with van der Waals surface area (Å²) in [5, 5.41) is 4.82. The lowest BCUT2D eigenvalue weighted by atomic mass is 9.90. The third-order valence-electron chi connectivity index (χ3n) is 5.24. The normalized spacial score (nSPS) is 19.3. The summed E-state index contributed by atoms with van der Waals surface area (Å²) in [5.74, 6) is -0.640. The van der Waals surface area contributed by atoms with Crippen LogP contribution in [0.3, 0.4) is 0 Å². The molecule has 0 aliphatic carbocycles. The maximum atomic E-state index is 13.1. The van der Waals surface area contributed by atoms with Gasteiger partial charge in [-0.05, 0) is 49.2 Å². The van der Waals surface area contributed by atoms with Crippen molar-refractivity contribution in [2.24, 2.45) is 0 Å². The topological polar surface area (TPSA) is 66.5 Å². The lowest BCUT2D eigenvalue weighted by Gasteiger charge is -2.22. The van der Waals surface area contributed by atoms with E-state index in [4.69, 9.17) is 0 Å². The van der Waals surface area contributed by atoms with Crippen LogP contribution in [0.2, 0.25) is 0 Å².